The van der Waals surface area contributed by atoms with Crippen LogP contribution in [0.25, 0.3) is 51.8 Å². The van der Waals surface area contributed by atoms with Crippen LogP contribution in [0.5, 0.6) is 0 Å². The molecule has 0 bridgehead atoms. The molecule has 0 atom stereocenters. The maximum Gasteiger partial charge on any atom is 0.0424 e. The van der Waals surface area contributed by atoms with E-state index in [4.69, 9.17) is 0 Å². The van der Waals surface area contributed by atoms with Gasteiger partial charge >= 0.3 is 0 Å². The Bertz CT molecular complexity index is 1740. The van der Waals surface area contributed by atoms with Crippen LogP contribution in [0, 0.1) is 0 Å². The first-order chi connectivity index (χ1) is 15.3. The largest absolute Gasteiger partial charge is 0.144 e. The minimum Gasteiger partial charge on any atom is -0.144 e. The third kappa shape index (κ3) is 2.92. The van der Waals surface area contributed by atoms with Gasteiger partial charge in [-0.1, -0.05) is 36.4 Å². The maximum absolute atomic E-state index is 2.40. The zero-order chi connectivity index (χ0) is 20.4. The highest BCUT2D eigenvalue weighted by atomic mass is 32.1. The number of benzene rings is 4. The summed E-state index contributed by atoms with van der Waals surface area (Å²) < 4.78 is 4.20. The van der Waals surface area contributed by atoms with Crippen molar-refractivity contribution in [3.05, 3.63) is 94.0 Å². The number of hydrogen-bond donors (Lipinski definition) is 0. The summed E-state index contributed by atoms with van der Waals surface area (Å²) in [4.78, 5) is 1.47. The lowest BCUT2D eigenvalue weighted by Crippen LogP contribution is -1.87. The van der Waals surface area contributed by atoms with Crippen LogP contribution in [-0.2, 0) is 12.8 Å². The second kappa shape index (κ2) is 6.89. The van der Waals surface area contributed by atoms with E-state index in [0.29, 0.717) is 0 Å². The molecule has 0 saturated heterocycles. The second-order valence-electron chi connectivity index (χ2n) is 8.19. The Balaban J connectivity index is 1.30. The van der Waals surface area contributed by atoms with Crippen molar-refractivity contribution in [3.8, 4) is 0 Å². The van der Waals surface area contributed by atoms with Crippen LogP contribution in [0.1, 0.15) is 10.4 Å². The molecular formula is C28H18S3. The van der Waals surface area contributed by atoms with Gasteiger partial charge in [-0.3, -0.25) is 0 Å². The van der Waals surface area contributed by atoms with E-state index < -0.39 is 0 Å². The van der Waals surface area contributed by atoms with Crippen LogP contribution in [-0.4, -0.2) is 0 Å². The Labute approximate surface area is 192 Å². The molecule has 0 saturated carbocycles. The molecule has 3 heteroatoms. The second-order valence-corrected chi connectivity index (χ2v) is 11.2. The number of aryl methyl sites for hydroxylation is 2. The molecule has 0 radical (unpaired) electrons. The van der Waals surface area contributed by atoms with Crippen molar-refractivity contribution in [2.24, 2.45) is 0 Å². The fourth-order valence-corrected chi connectivity index (χ4v) is 7.57. The van der Waals surface area contributed by atoms with Gasteiger partial charge in [0.2, 0.25) is 0 Å². The van der Waals surface area contributed by atoms with Gasteiger partial charge < -0.3 is 0 Å². The third-order valence-corrected chi connectivity index (χ3v) is 9.39. The standard InChI is InChI=1S/C28H18S3/c1(17-2-8-26-21(13-17)10-11-29-26)7-23-14-22-6-5-20-15-24-19(16-25(20)28(22)31-23)4-3-18-9-12-30-27(18)24/h2-6,8-16H,1,7H2. The van der Waals surface area contributed by atoms with E-state index in [-0.39, 0.29) is 0 Å². The van der Waals surface area contributed by atoms with Crippen molar-refractivity contribution < 1.29 is 0 Å². The van der Waals surface area contributed by atoms with Crippen LogP contribution in [0.4, 0.5) is 0 Å². The highest BCUT2D eigenvalue weighted by Gasteiger charge is 2.10. The molecule has 0 aliphatic rings. The predicted octanol–water partition coefficient (Wildman–Crippen LogP) is 9.42. The smallest absolute Gasteiger partial charge is 0.0424 e. The average molecular weight is 451 g/mol. The number of hydrogen-bond acceptors (Lipinski definition) is 3. The van der Waals surface area contributed by atoms with Gasteiger partial charge in [0.25, 0.3) is 0 Å². The van der Waals surface area contributed by atoms with Crippen molar-refractivity contribution in [2.45, 2.75) is 12.8 Å². The van der Waals surface area contributed by atoms with Crippen LogP contribution in [0.2, 0.25) is 0 Å². The summed E-state index contributed by atoms with van der Waals surface area (Å²) in [5.74, 6) is 0. The van der Waals surface area contributed by atoms with E-state index >= 15 is 0 Å². The van der Waals surface area contributed by atoms with Gasteiger partial charge in [0.1, 0.15) is 0 Å². The molecule has 0 fully saturated rings. The molecule has 0 unspecified atom stereocenters. The van der Waals surface area contributed by atoms with Gasteiger partial charge in [0.15, 0.2) is 0 Å². The van der Waals surface area contributed by atoms with E-state index in [2.05, 4.69) is 83.6 Å². The third-order valence-electron chi connectivity index (χ3n) is 6.28. The summed E-state index contributed by atoms with van der Waals surface area (Å²) >= 11 is 5.63. The van der Waals surface area contributed by atoms with Gasteiger partial charge in [-0.2, -0.15) is 0 Å². The Kier molecular flexibility index (Phi) is 3.98. The van der Waals surface area contributed by atoms with Crippen LogP contribution < -0.4 is 0 Å². The molecule has 4 aromatic carbocycles. The molecule has 3 aromatic heterocycles. The summed E-state index contributed by atoms with van der Waals surface area (Å²) in [6.45, 7) is 0. The Morgan fingerprint density at radius 1 is 0.516 bits per heavy atom. The molecule has 7 aromatic rings. The SMILES string of the molecule is c1cc2cc(CCc3cc4ccc5cc6c(ccc7ccsc76)cc5c4s3)ccc2s1. The molecule has 0 aliphatic heterocycles. The molecule has 148 valence electrons. The van der Waals surface area contributed by atoms with Crippen LogP contribution in [0.3, 0.4) is 0 Å². The van der Waals surface area contributed by atoms with Crippen molar-refractivity contribution in [1.29, 1.82) is 0 Å². The Morgan fingerprint density at radius 3 is 2.16 bits per heavy atom. The lowest BCUT2D eigenvalue weighted by molar-refractivity contribution is 0.984. The maximum atomic E-state index is 2.40. The van der Waals surface area contributed by atoms with Gasteiger partial charge in [-0.25, -0.2) is 0 Å². The van der Waals surface area contributed by atoms with Gasteiger partial charge in [0, 0.05) is 29.7 Å². The summed E-state index contributed by atoms with van der Waals surface area (Å²) in [5.41, 5.74) is 1.43. The van der Waals surface area contributed by atoms with E-state index in [0.717, 1.165) is 12.8 Å². The number of rotatable bonds is 3. The zero-order valence-corrected chi connectivity index (χ0v) is 19.2. The highest BCUT2D eigenvalue weighted by molar-refractivity contribution is 7.20. The Morgan fingerprint density at radius 2 is 1.26 bits per heavy atom. The first kappa shape index (κ1) is 17.9. The first-order valence-corrected chi connectivity index (χ1v) is 13.1. The van der Waals surface area contributed by atoms with Crippen molar-refractivity contribution in [3.63, 3.8) is 0 Å². The van der Waals surface area contributed by atoms with E-state index in [1.54, 1.807) is 0 Å². The molecule has 31 heavy (non-hydrogen) atoms. The van der Waals surface area contributed by atoms with E-state index in [1.165, 1.54) is 62.2 Å². The summed E-state index contributed by atoms with van der Waals surface area (Å²) in [7, 11) is 0. The quantitative estimate of drug-likeness (QED) is 0.235. The Hall–Kier alpha value is -2.72. The zero-order valence-electron chi connectivity index (χ0n) is 16.7. The number of fused-ring (bicyclic) bond motifs is 7. The first-order valence-electron chi connectivity index (χ1n) is 10.5. The van der Waals surface area contributed by atoms with Crippen molar-refractivity contribution >= 4 is 85.8 Å². The molecule has 0 aliphatic carbocycles. The molecule has 7 rings (SSSR count). The minimum absolute atomic E-state index is 1.09. The topological polar surface area (TPSA) is 0 Å². The monoisotopic (exact) mass is 450 g/mol. The summed E-state index contributed by atoms with van der Waals surface area (Å²) in [6, 6.07) is 27.7. The van der Waals surface area contributed by atoms with Gasteiger partial charge in [-0.05, 0) is 92.5 Å². The molecule has 0 N–H and O–H groups in total. The lowest BCUT2D eigenvalue weighted by atomic mass is 10.0. The predicted molar refractivity (Wildman–Crippen MR) is 141 cm³/mol. The fourth-order valence-electron chi connectivity index (χ4n) is 4.69. The van der Waals surface area contributed by atoms with Crippen molar-refractivity contribution in [1.82, 2.24) is 0 Å². The molecular weight excluding hydrogens is 433 g/mol. The molecule has 0 spiro atoms. The lowest BCUT2D eigenvalue weighted by Gasteiger charge is -2.05. The van der Waals surface area contributed by atoms with Crippen molar-refractivity contribution in [2.75, 3.05) is 0 Å². The summed E-state index contributed by atoms with van der Waals surface area (Å²) in [5, 5.41) is 13.9. The van der Waals surface area contributed by atoms with E-state index in [1.807, 2.05) is 34.0 Å². The minimum atomic E-state index is 1.09. The van der Waals surface area contributed by atoms with Gasteiger partial charge in [-0.15, -0.1) is 34.0 Å². The molecule has 0 amide bonds. The average Bonchev–Trinajstić information content (AvgIpc) is 3.54. The van der Waals surface area contributed by atoms with Crippen LogP contribution in [0.15, 0.2) is 83.6 Å². The normalized spacial score (nSPS) is 12.1. The fraction of sp³-hybridized carbons (Fsp3) is 0.0714. The molecule has 3 heterocycles. The van der Waals surface area contributed by atoms with E-state index in [9.17, 15) is 0 Å². The highest BCUT2D eigenvalue weighted by Crippen LogP contribution is 2.38. The van der Waals surface area contributed by atoms with Gasteiger partial charge in [0.05, 0.1) is 0 Å². The summed E-state index contributed by atoms with van der Waals surface area (Å²) in [6.07, 6.45) is 2.19. The molecule has 0 nitrogen and oxygen atoms in total. The van der Waals surface area contributed by atoms with Crippen LogP contribution >= 0.6 is 34.0 Å². The number of thiophene rings is 3.